The van der Waals surface area contributed by atoms with Crippen molar-refractivity contribution in [3.63, 3.8) is 0 Å². The molecule has 1 fully saturated rings. The first-order valence-corrected chi connectivity index (χ1v) is 7.49. The topological polar surface area (TPSA) is 62.4 Å². The molecule has 1 aromatic carbocycles. The lowest BCUT2D eigenvalue weighted by molar-refractivity contribution is 0.144. The molecule has 0 amide bonds. The molecule has 1 unspecified atom stereocenters. The number of nitrogens with zero attached hydrogens (tertiary/aromatic N) is 3. The first kappa shape index (κ1) is 13.7. The highest BCUT2D eigenvalue weighted by atomic mass is 79.9. The molecule has 0 spiro atoms. The molecule has 1 aliphatic heterocycles. The average Bonchev–Trinajstić information content (AvgIpc) is 3.09. The Morgan fingerprint density at radius 3 is 2.85 bits per heavy atom. The van der Waals surface area contributed by atoms with Gasteiger partial charge in [0.15, 0.2) is 0 Å². The van der Waals surface area contributed by atoms with Crippen LogP contribution in [0.4, 0.5) is 0 Å². The van der Waals surface area contributed by atoms with Crippen LogP contribution in [0.2, 0.25) is 0 Å². The van der Waals surface area contributed by atoms with E-state index >= 15 is 0 Å². The van der Waals surface area contributed by atoms with Gasteiger partial charge in [-0.2, -0.15) is 0 Å². The zero-order valence-corrected chi connectivity index (χ0v) is 12.6. The second-order valence-corrected chi connectivity index (χ2v) is 5.87. The molecule has 1 aromatic heterocycles. The lowest BCUT2D eigenvalue weighted by atomic mass is 10.2. The van der Waals surface area contributed by atoms with Crippen molar-refractivity contribution in [1.82, 2.24) is 15.1 Å². The molecular weight excluding hydrogens is 322 g/mol. The van der Waals surface area contributed by atoms with Crippen molar-refractivity contribution in [3.05, 3.63) is 34.6 Å². The van der Waals surface area contributed by atoms with Crippen molar-refractivity contribution in [2.24, 2.45) is 0 Å². The van der Waals surface area contributed by atoms with Crippen molar-refractivity contribution in [1.29, 1.82) is 0 Å². The number of benzene rings is 1. The summed E-state index contributed by atoms with van der Waals surface area (Å²) < 4.78 is 6.72. The van der Waals surface area contributed by atoms with E-state index in [0.29, 0.717) is 18.3 Å². The molecule has 0 saturated carbocycles. The third-order valence-electron chi connectivity index (χ3n) is 3.61. The van der Waals surface area contributed by atoms with Crippen LogP contribution in [0.5, 0.6) is 0 Å². The van der Waals surface area contributed by atoms with E-state index in [2.05, 4.69) is 31.0 Å². The molecule has 1 aliphatic rings. The Morgan fingerprint density at radius 1 is 1.30 bits per heavy atom. The number of halogens is 1. The third-order valence-corrected chi connectivity index (χ3v) is 4.13. The first-order valence-electron chi connectivity index (χ1n) is 6.69. The zero-order valence-electron chi connectivity index (χ0n) is 11.0. The Hall–Kier alpha value is -1.24. The summed E-state index contributed by atoms with van der Waals surface area (Å²) in [6.07, 6.45) is 2.14. The summed E-state index contributed by atoms with van der Waals surface area (Å²) in [6.45, 7) is 1.77. The number of rotatable bonds is 4. The Bertz CT molecular complexity index is 570. The fraction of sp³-hybridized carbons (Fsp3) is 0.429. The lowest BCUT2D eigenvalue weighted by Gasteiger charge is -2.20. The molecule has 1 N–H and O–H groups in total. The number of aliphatic hydroxyl groups excluding tert-OH is 1. The molecular formula is C14H16BrN3O2. The molecule has 5 nitrogen and oxygen atoms in total. The highest BCUT2D eigenvalue weighted by Gasteiger charge is 2.25. The van der Waals surface area contributed by atoms with E-state index in [1.165, 1.54) is 0 Å². The van der Waals surface area contributed by atoms with E-state index in [1.54, 1.807) is 0 Å². The van der Waals surface area contributed by atoms with Crippen LogP contribution in [0.3, 0.4) is 0 Å². The highest BCUT2D eigenvalue weighted by Crippen LogP contribution is 2.23. The SMILES string of the molecule is OCC1CCCN1Cc1nnc(-c2ccc(Br)cc2)o1. The van der Waals surface area contributed by atoms with Gasteiger partial charge in [0.2, 0.25) is 11.8 Å². The van der Waals surface area contributed by atoms with Crippen molar-refractivity contribution in [2.75, 3.05) is 13.2 Å². The number of hydrogen-bond donors (Lipinski definition) is 1. The van der Waals surface area contributed by atoms with Crippen LogP contribution in [0, 0.1) is 0 Å². The van der Waals surface area contributed by atoms with Gasteiger partial charge in [-0.1, -0.05) is 15.9 Å². The van der Waals surface area contributed by atoms with E-state index in [0.717, 1.165) is 29.4 Å². The Balaban J connectivity index is 1.72. The van der Waals surface area contributed by atoms with Gasteiger partial charge in [-0.25, -0.2) is 0 Å². The summed E-state index contributed by atoms with van der Waals surface area (Å²) in [5, 5.41) is 17.5. The minimum absolute atomic E-state index is 0.188. The molecule has 20 heavy (non-hydrogen) atoms. The molecule has 0 bridgehead atoms. The van der Waals surface area contributed by atoms with Crippen LogP contribution in [0.15, 0.2) is 33.2 Å². The van der Waals surface area contributed by atoms with Crippen molar-refractivity contribution >= 4 is 15.9 Å². The predicted molar refractivity (Wildman–Crippen MR) is 78.0 cm³/mol. The maximum atomic E-state index is 9.31. The van der Waals surface area contributed by atoms with Gasteiger partial charge in [0, 0.05) is 16.1 Å². The standard InChI is InChI=1S/C14H16BrN3O2/c15-11-5-3-10(4-6-11)14-17-16-13(20-14)8-18-7-1-2-12(18)9-19/h3-6,12,19H,1-2,7-9H2. The summed E-state index contributed by atoms with van der Waals surface area (Å²) in [5.74, 6) is 1.13. The fourth-order valence-electron chi connectivity index (χ4n) is 2.51. The molecule has 0 radical (unpaired) electrons. The van der Waals surface area contributed by atoms with Crippen LogP contribution in [-0.4, -0.2) is 39.4 Å². The van der Waals surface area contributed by atoms with E-state index < -0.39 is 0 Å². The van der Waals surface area contributed by atoms with Gasteiger partial charge < -0.3 is 9.52 Å². The molecule has 2 aromatic rings. The second-order valence-electron chi connectivity index (χ2n) is 4.96. The Kier molecular flexibility index (Phi) is 4.14. The van der Waals surface area contributed by atoms with Crippen LogP contribution in [-0.2, 0) is 6.54 Å². The van der Waals surface area contributed by atoms with Gasteiger partial charge in [-0.05, 0) is 43.7 Å². The predicted octanol–water partition coefficient (Wildman–Crippen LogP) is 2.46. The zero-order chi connectivity index (χ0) is 13.9. The molecule has 2 heterocycles. The quantitative estimate of drug-likeness (QED) is 0.928. The summed E-state index contributed by atoms with van der Waals surface area (Å²) >= 11 is 3.40. The number of aromatic nitrogens is 2. The number of likely N-dealkylation sites (tertiary alicyclic amines) is 1. The smallest absolute Gasteiger partial charge is 0.247 e. The van der Waals surface area contributed by atoms with E-state index in [9.17, 15) is 5.11 Å². The molecule has 106 valence electrons. The van der Waals surface area contributed by atoms with Gasteiger partial charge >= 0.3 is 0 Å². The maximum absolute atomic E-state index is 9.31. The minimum atomic E-state index is 0.188. The van der Waals surface area contributed by atoms with Gasteiger partial charge in [-0.3, -0.25) is 4.90 Å². The van der Waals surface area contributed by atoms with E-state index in [1.807, 2.05) is 24.3 Å². The average molecular weight is 338 g/mol. The monoisotopic (exact) mass is 337 g/mol. The first-order chi connectivity index (χ1) is 9.76. The van der Waals surface area contributed by atoms with Crippen LogP contribution in [0.25, 0.3) is 11.5 Å². The fourth-order valence-corrected chi connectivity index (χ4v) is 2.77. The van der Waals surface area contributed by atoms with E-state index in [4.69, 9.17) is 4.42 Å². The van der Waals surface area contributed by atoms with Gasteiger partial charge in [0.05, 0.1) is 13.2 Å². The van der Waals surface area contributed by atoms with E-state index in [-0.39, 0.29) is 12.6 Å². The third kappa shape index (κ3) is 2.92. The molecule has 0 aliphatic carbocycles. The van der Waals surface area contributed by atoms with Gasteiger partial charge in [-0.15, -0.1) is 10.2 Å². The van der Waals surface area contributed by atoms with Gasteiger partial charge in [0.1, 0.15) is 0 Å². The molecule has 6 heteroatoms. The van der Waals surface area contributed by atoms with Gasteiger partial charge in [0.25, 0.3) is 0 Å². The minimum Gasteiger partial charge on any atom is -0.419 e. The number of hydrogen-bond acceptors (Lipinski definition) is 5. The molecule has 3 rings (SSSR count). The second kappa shape index (κ2) is 6.03. The van der Waals surface area contributed by atoms with Crippen molar-refractivity contribution in [2.45, 2.75) is 25.4 Å². The van der Waals surface area contributed by atoms with Crippen LogP contribution in [0.1, 0.15) is 18.7 Å². The van der Waals surface area contributed by atoms with Crippen LogP contribution < -0.4 is 0 Å². The summed E-state index contributed by atoms with van der Waals surface area (Å²) in [5.41, 5.74) is 0.909. The van der Waals surface area contributed by atoms with Crippen LogP contribution >= 0.6 is 15.9 Å². The molecule has 1 saturated heterocycles. The largest absolute Gasteiger partial charge is 0.419 e. The Labute approximate surface area is 125 Å². The van der Waals surface area contributed by atoms with Crippen molar-refractivity contribution in [3.8, 4) is 11.5 Å². The number of aliphatic hydroxyl groups is 1. The summed E-state index contributed by atoms with van der Waals surface area (Å²) in [6, 6.07) is 7.99. The molecule has 1 atom stereocenters. The van der Waals surface area contributed by atoms with Crippen molar-refractivity contribution < 1.29 is 9.52 Å². The maximum Gasteiger partial charge on any atom is 0.247 e. The summed E-state index contributed by atoms with van der Waals surface area (Å²) in [7, 11) is 0. The lowest BCUT2D eigenvalue weighted by Crippen LogP contribution is -2.31. The Morgan fingerprint density at radius 2 is 2.10 bits per heavy atom. The summed E-state index contributed by atoms with van der Waals surface area (Å²) in [4.78, 5) is 2.19. The highest BCUT2D eigenvalue weighted by molar-refractivity contribution is 9.10. The normalized spacial score (nSPS) is 19.6.